The summed E-state index contributed by atoms with van der Waals surface area (Å²) >= 11 is 0. The van der Waals surface area contributed by atoms with Crippen molar-refractivity contribution in [1.82, 2.24) is 0 Å². The summed E-state index contributed by atoms with van der Waals surface area (Å²) in [4.78, 5) is 0. The van der Waals surface area contributed by atoms with E-state index >= 15 is 0 Å². The predicted octanol–water partition coefficient (Wildman–Crippen LogP) is 3.60. The Morgan fingerprint density at radius 1 is 1.29 bits per heavy atom. The zero-order chi connectivity index (χ0) is 14.8. The van der Waals surface area contributed by atoms with Gasteiger partial charge in [-0.1, -0.05) is 29.8 Å². The van der Waals surface area contributed by atoms with E-state index in [4.69, 9.17) is 9.47 Å². The van der Waals surface area contributed by atoms with E-state index in [2.05, 4.69) is 6.07 Å². The van der Waals surface area contributed by atoms with Crippen LogP contribution in [0.3, 0.4) is 0 Å². The monoisotopic (exact) mass is 284 g/mol. The highest BCUT2D eigenvalue weighted by atomic mass is 16.5. The van der Waals surface area contributed by atoms with Crippen molar-refractivity contribution in [3.05, 3.63) is 59.2 Å². The molecule has 0 saturated heterocycles. The first-order chi connectivity index (χ1) is 10.1. The van der Waals surface area contributed by atoms with Gasteiger partial charge >= 0.3 is 0 Å². The average Bonchev–Trinajstić information content (AvgIpc) is 2.89. The van der Waals surface area contributed by atoms with Crippen LogP contribution in [0.5, 0.6) is 11.5 Å². The lowest BCUT2D eigenvalue weighted by atomic mass is 10.0. The van der Waals surface area contributed by atoms with Gasteiger partial charge in [0.25, 0.3) is 0 Å². The molecule has 1 aliphatic rings. The lowest BCUT2D eigenvalue weighted by Crippen LogP contribution is -2.13. The first-order valence-corrected chi connectivity index (χ1v) is 7.28. The lowest BCUT2D eigenvalue weighted by Gasteiger charge is -2.16. The minimum atomic E-state index is -0.535. The van der Waals surface area contributed by atoms with E-state index in [1.165, 1.54) is 5.56 Å². The van der Waals surface area contributed by atoms with Crippen LogP contribution >= 0.6 is 0 Å². The molecule has 0 fully saturated rings. The largest absolute Gasteiger partial charge is 0.493 e. The Kier molecular flexibility index (Phi) is 3.84. The van der Waals surface area contributed by atoms with Crippen molar-refractivity contribution in [2.24, 2.45) is 0 Å². The van der Waals surface area contributed by atoms with Crippen molar-refractivity contribution >= 4 is 0 Å². The summed E-state index contributed by atoms with van der Waals surface area (Å²) in [6.07, 6.45) is -0.535. The molecule has 1 heterocycles. The van der Waals surface area contributed by atoms with Crippen LogP contribution in [0.4, 0.5) is 0 Å². The molecule has 0 amide bonds. The first-order valence-electron chi connectivity index (χ1n) is 7.28. The Bertz CT molecular complexity index is 634. The highest BCUT2D eigenvalue weighted by Crippen LogP contribution is 2.34. The van der Waals surface area contributed by atoms with Crippen LogP contribution < -0.4 is 9.47 Å². The van der Waals surface area contributed by atoms with Gasteiger partial charge in [-0.3, -0.25) is 0 Å². The van der Waals surface area contributed by atoms with E-state index in [0.717, 1.165) is 22.6 Å². The molecular weight excluding hydrogens is 264 g/mol. The predicted molar refractivity (Wildman–Crippen MR) is 82.0 cm³/mol. The van der Waals surface area contributed by atoms with Crippen LogP contribution in [0.25, 0.3) is 0 Å². The summed E-state index contributed by atoms with van der Waals surface area (Å²) in [6.45, 7) is 4.97. The summed E-state index contributed by atoms with van der Waals surface area (Å²) in [5.41, 5.74) is 3.15. The number of aryl methyl sites for hydroxylation is 1. The van der Waals surface area contributed by atoms with Crippen molar-refractivity contribution in [3.8, 4) is 11.5 Å². The third-order valence-electron chi connectivity index (χ3n) is 3.85. The molecule has 0 aliphatic carbocycles. The Hall–Kier alpha value is -2.00. The molecule has 0 spiro atoms. The molecule has 2 aromatic rings. The van der Waals surface area contributed by atoms with E-state index in [9.17, 15) is 5.11 Å². The molecule has 3 nitrogen and oxygen atoms in total. The van der Waals surface area contributed by atoms with Crippen molar-refractivity contribution in [2.75, 3.05) is 13.2 Å². The van der Waals surface area contributed by atoms with Crippen molar-refractivity contribution in [3.63, 3.8) is 0 Å². The molecule has 110 valence electrons. The van der Waals surface area contributed by atoms with Gasteiger partial charge in [0.05, 0.1) is 25.2 Å². The van der Waals surface area contributed by atoms with E-state index in [1.54, 1.807) is 6.92 Å². The molecule has 21 heavy (non-hydrogen) atoms. The van der Waals surface area contributed by atoms with E-state index in [0.29, 0.717) is 13.2 Å². The lowest BCUT2D eigenvalue weighted by molar-refractivity contribution is 0.187. The fourth-order valence-corrected chi connectivity index (χ4v) is 2.68. The molecule has 1 N–H and O–H groups in total. The Morgan fingerprint density at radius 3 is 2.90 bits per heavy atom. The van der Waals surface area contributed by atoms with Gasteiger partial charge in [0.1, 0.15) is 11.5 Å². The number of aliphatic hydroxyl groups excluding tert-OH is 1. The fourth-order valence-electron chi connectivity index (χ4n) is 2.68. The summed E-state index contributed by atoms with van der Waals surface area (Å²) < 4.78 is 11.6. The summed E-state index contributed by atoms with van der Waals surface area (Å²) in [5.74, 6) is 1.94. The third kappa shape index (κ3) is 2.88. The second-order valence-corrected chi connectivity index (χ2v) is 5.57. The topological polar surface area (TPSA) is 38.7 Å². The van der Waals surface area contributed by atoms with E-state index in [-0.39, 0.29) is 5.92 Å². The number of benzene rings is 2. The highest BCUT2D eigenvalue weighted by Gasteiger charge is 2.24. The van der Waals surface area contributed by atoms with E-state index in [1.807, 2.05) is 43.3 Å². The molecule has 3 rings (SSSR count). The van der Waals surface area contributed by atoms with Gasteiger partial charge in [-0.25, -0.2) is 0 Å². The van der Waals surface area contributed by atoms with Crippen LogP contribution in [0.2, 0.25) is 0 Å². The fraction of sp³-hybridized carbons (Fsp3) is 0.333. The minimum absolute atomic E-state index is 0.240. The molecule has 0 aromatic heterocycles. The smallest absolute Gasteiger partial charge is 0.125 e. The van der Waals surface area contributed by atoms with Crippen molar-refractivity contribution in [1.29, 1.82) is 0 Å². The Labute approximate surface area is 125 Å². The summed E-state index contributed by atoms with van der Waals surface area (Å²) in [5, 5.41) is 9.87. The number of fused-ring (bicyclic) bond motifs is 1. The third-order valence-corrected chi connectivity index (χ3v) is 3.85. The van der Waals surface area contributed by atoms with Crippen LogP contribution in [-0.4, -0.2) is 18.3 Å². The van der Waals surface area contributed by atoms with Gasteiger partial charge in [-0.2, -0.15) is 0 Å². The summed E-state index contributed by atoms with van der Waals surface area (Å²) in [7, 11) is 0. The minimum Gasteiger partial charge on any atom is -0.493 e. The molecule has 0 saturated carbocycles. The maximum absolute atomic E-state index is 9.87. The van der Waals surface area contributed by atoms with Crippen molar-refractivity contribution < 1.29 is 14.6 Å². The zero-order valence-corrected chi connectivity index (χ0v) is 12.4. The molecule has 0 radical (unpaired) electrons. The van der Waals surface area contributed by atoms with Crippen molar-refractivity contribution in [2.45, 2.75) is 25.9 Å². The molecule has 2 atom stereocenters. The number of ether oxygens (including phenoxy) is 2. The number of para-hydroxylation sites is 1. The quantitative estimate of drug-likeness (QED) is 0.932. The van der Waals surface area contributed by atoms with Crippen LogP contribution in [-0.2, 0) is 0 Å². The van der Waals surface area contributed by atoms with Gasteiger partial charge in [-0.15, -0.1) is 0 Å². The molecule has 3 heteroatoms. The molecule has 1 unspecified atom stereocenters. The Morgan fingerprint density at radius 2 is 2.10 bits per heavy atom. The number of hydrogen-bond acceptors (Lipinski definition) is 3. The van der Waals surface area contributed by atoms with Gasteiger partial charge < -0.3 is 14.6 Å². The van der Waals surface area contributed by atoms with Crippen LogP contribution in [0.1, 0.15) is 35.6 Å². The maximum atomic E-state index is 9.87. The normalized spacial score (nSPS) is 18.0. The maximum Gasteiger partial charge on any atom is 0.125 e. The molecule has 2 aromatic carbocycles. The molecule has 1 aliphatic heterocycles. The SMILES string of the molecule is Cc1ccc(OCC2COc3ccccc32)c([C@H](C)O)c1. The Balaban J connectivity index is 1.75. The van der Waals surface area contributed by atoms with Crippen LogP contribution in [0.15, 0.2) is 42.5 Å². The van der Waals surface area contributed by atoms with E-state index < -0.39 is 6.10 Å². The number of aliphatic hydroxyl groups is 1. The van der Waals surface area contributed by atoms with Gasteiger partial charge in [-0.05, 0) is 32.0 Å². The number of hydrogen-bond donors (Lipinski definition) is 1. The molecule has 0 bridgehead atoms. The van der Waals surface area contributed by atoms with Gasteiger partial charge in [0, 0.05) is 11.1 Å². The highest BCUT2D eigenvalue weighted by molar-refractivity contribution is 5.41. The number of rotatable bonds is 4. The zero-order valence-electron chi connectivity index (χ0n) is 12.4. The van der Waals surface area contributed by atoms with Gasteiger partial charge in [0.2, 0.25) is 0 Å². The average molecular weight is 284 g/mol. The summed E-state index contributed by atoms with van der Waals surface area (Å²) in [6, 6.07) is 14.0. The first kappa shape index (κ1) is 14.0. The molecular formula is C18H20O3. The second-order valence-electron chi connectivity index (χ2n) is 5.57. The van der Waals surface area contributed by atoms with Crippen LogP contribution in [0, 0.1) is 6.92 Å². The van der Waals surface area contributed by atoms with Gasteiger partial charge in [0.15, 0.2) is 0 Å². The second kappa shape index (κ2) is 5.78. The standard InChI is InChI=1S/C18H20O3/c1-12-7-8-18(16(9-12)13(2)19)21-11-14-10-20-17-6-4-3-5-15(14)17/h3-9,13-14,19H,10-11H2,1-2H3/t13-,14?/m0/s1.